The van der Waals surface area contributed by atoms with Crippen molar-refractivity contribution in [2.24, 2.45) is 11.1 Å². The molecule has 1 aliphatic rings. The summed E-state index contributed by atoms with van der Waals surface area (Å²) < 4.78 is 0. The van der Waals surface area contributed by atoms with Crippen molar-refractivity contribution in [2.45, 2.75) is 39.2 Å². The third-order valence-electron chi connectivity index (χ3n) is 2.32. The molecule has 0 aliphatic heterocycles. The van der Waals surface area contributed by atoms with Gasteiger partial charge in [0, 0.05) is 19.0 Å². The summed E-state index contributed by atoms with van der Waals surface area (Å²) in [7, 11) is 0. The summed E-state index contributed by atoms with van der Waals surface area (Å²) in [5.41, 5.74) is 5.88. The van der Waals surface area contributed by atoms with Crippen LogP contribution in [0.15, 0.2) is 0 Å². The standard InChI is InChI=1S/C9H18N2O/c1-7(10)5-8(12)11-6-9(2)3-4-9/h7H,3-6,10H2,1-2H3,(H,11,12). The lowest BCUT2D eigenvalue weighted by Gasteiger charge is -2.10. The minimum Gasteiger partial charge on any atom is -0.356 e. The molecule has 3 heteroatoms. The van der Waals surface area contributed by atoms with Crippen LogP contribution in [0.4, 0.5) is 0 Å². The van der Waals surface area contributed by atoms with Gasteiger partial charge >= 0.3 is 0 Å². The summed E-state index contributed by atoms with van der Waals surface area (Å²) in [5, 5.41) is 2.90. The molecule has 1 atom stereocenters. The third-order valence-corrected chi connectivity index (χ3v) is 2.32. The highest BCUT2D eigenvalue weighted by atomic mass is 16.1. The molecular weight excluding hydrogens is 152 g/mol. The van der Waals surface area contributed by atoms with Crippen molar-refractivity contribution in [1.82, 2.24) is 5.32 Å². The van der Waals surface area contributed by atoms with E-state index in [9.17, 15) is 4.79 Å². The lowest BCUT2D eigenvalue weighted by atomic mass is 10.1. The monoisotopic (exact) mass is 170 g/mol. The topological polar surface area (TPSA) is 55.1 Å². The highest BCUT2D eigenvalue weighted by Gasteiger charge is 2.37. The second-order valence-electron chi connectivity index (χ2n) is 4.27. The Bertz CT molecular complexity index is 173. The van der Waals surface area contributed by atoms with E-state index in [-0.39, 0.29) is 11.9 Å². The summed E-state index contributed by atoms with van der Waals surface area (Å²) in [5.74, 6) is 0.0816. The molecule has 0 aromatic heterocycles. The number of hydrogen-bond donors (Lipinski definition) is 2. The summed E-state index contributed by atoms with van der Waals surface area (Å²) >= 11 is 0. The van der Waals surface area contributed by atoms with Crippen LogP contribution >= 0.6 is 0 Å². The van der Waals surface area contributed by atoms with E-state index >= 15 is 0 Å². The summed E-state index contributed by atoms with van der Waals surface area (Å²) in [4.78, 5) is 11.1. The van der Waals surface area contributed by atoms with Crippen molar-refractivity contribution in [2.75, 3.05) is 6.54 Å². The van der Waals surface area contributed by atoms with Gasteiger partial charge in [-0.2, -0.15) is 0 Å². The first-order valence-corrected chi connectivity index (χ1v) is 4.54. The van der Waals surface area contributed by atoms with E-state index in [4.69, 9.17) is 5.73 Å². The van der Waals surface area contributed by atoms with E-state index in [2.05, 4.69) is 12.2 Å². The highest BCUT2D eigenvalue weighted by Crippen LogP contribution is 2.43. The molecule has 12 heavy (non-hydrogen) atoms. The van der Waals surface area contributed by atoms with Gasteiger partial charge in [0.25, 0.3) is 0 Å². The maximum absolute atomic E-state index is 11.1. The lowest BCUT2D eigenvalue weighted by molar-refractivity contribution is -0.121. The number of nitrogens with one attached hydrogen (secondary N) is 1. The van der Waals surface area contributed by atoms with E-state index in [0.717, 1.165) is 6.54 Å². The van der Waals surface area contributed by atoms with Crippen LogP contribution in [0.25, 0.3) is 0 Å². The Hall–Kier alpha value is -0.570. The molecule has 0 spiro atoms. The Balaban J connectivity index is 2.10. The lowest BCUT2D eigenvalue weighted by Crippen LogP contribution is -2.33. The van der Waals surface area contributed by atoms with Gasteiger partial charge in [-0.3, -0.25) is 4.79 Å². The average Bonchev–Trinajstić information content (AvgIpc) is 2.64. The first-order valence-electron chi connectivity index (χ1n) is 4.54. The molecule has 3 nitrogen and oxygen atoms in total. The maximum atomic E-state index is 11.1. The summed E-state index contributed by atoms with van der Waals surface area (Å²) in [6.07, 6.45) is 2.92. The Morgan fingerprint density at radius 3 is 2.67 bits per heavy atom. The van der Waals surface area contributed by atoms with Crippen LogP contribution < -0.4 is 11.1 Å². The third kappa shape index (κ3) is 3.22. The van der Waals surface area contributed by atoms with Crippen molar-refractivity contribution in [3.05, 3.63) is 0 Å². The van der Waals surface area contributed by atoms with Gasteiger partial charge in [-0.05, 0) is 25.2 Å². The first-order chi connectivity index (χ1) is 5.52. The molecule has 0 radical (unpaired) electrons. The maximum Gasteiger partial charge on any atom is 0.221 e. The first kappa shape index (κ1) is 9.52. The Morgan fingerprint density at radius 1 is 1.67 bits per heavy atom. The van der Waals surface area contributed by atoms with Crippen LogP contribution in [-0.2, 0) is 4.79 Å². The number of carbonyl (C=O) groups excluding carboxylic acids is 1. The number of carbonyl (C=O) groups is 1. The molecule has 70 valence electrons. The van der Waals surface area contributed by atoms with Crippen LogP contribution in [0.3, 0.4) is 0 Å². The largest absolute Gasteiger partial charge is 0.356 e. The van der Waals surface area contributed by atoms with E-state index in [1.165, 1.54) is 12.8 Å². The normalized spacial score (nSPS) is 21.6. The van der Waals surface area contributed by atoms with E-state index < -0.39 is 0 Å². The van der Waals surface area contributed by atoms with Crippen molar-refractivity contribution in [3.63, 3.8) is 0 Å². The van der Waals surface area contributed by atoms with Crippen LogP contribution in [0, 0.1) is 5.41 Å². The minimum atomic E-state index is -0.0305. The summed E-state index contributed by atoms with van der Waals surface area (Å²) in [6.45, 7) is 4.86. The van der Waals surface area contributed by atoms with Gasteiger partial charge in [0.1, 0.15) is 0 Å². The SMILES string of the molecule is CC(N)CC(=O)NCC1(C)CC1. The van der Waals surface area contributed by atoms with Gasteiger partial charge in [-0.1, -0.05) is 6.92 Å². The molecule has 0 aromatic rings. The van der Waals surface area contributed by atoms with Gasteiger partial charge < -0.3 is 11.1 Å². The second kappa shape index (κ2) is 3.44. The summed E-state index contributed by atoms with van der Waals surface area (Å²) in [6, 6.07) is -0.0305. The average molecular weight is 170 g/mol. The van der Waals surface area contributed by atoms with Crippen LogP contribution in [0.5, 0.6) is 0 Å². The smallest absolute Gasteiger partial charge is 0.221 e. The molecule has 0 bridgehead atoms. The second-order valence-corrected chi connectivity index (χ2v) is 4.27. The molecule has 1 rings (SSSR count). The molecule has 0 aromatic carbocycles. The fourth-order valence-corrected chi connectivity index (χ4v) is 1.07. The van der Waals surface area contributed by atoms with Crippen LogP contribution in [0.1, 0.15) is 33.1 Å². The molecule has 0 heterocycles. The molecular formula is C9H18N2O. The molecule has 1 saturated carbocycles. The van der Waals surface area contributed by atoms with E-state index in [1.54, 1.807) is 0 Å². The van der Waals surface area contributed by atoms with Crippen molar-refractivity contribution in [3.8, 4) is 0 Å². The van der Waals surface area contributed by atoms with Gasteiger partial charge in [0.05, 0.1) is 0 Å². The Morgan fingerprint density at radius 2 is 2.25 bits per heavy atom. The van der Waals surface area contributed by atoms with Crippen molar-refractivity contribution < 1.29 is 4.79 Å². The Kier molecular flexibility index (Phi) is 2.73. The number of rotatable bonds is 4. The highest BCUT2D eigenvalue weighted by molar-refractivity contribution is 5.76. The molecule has 3 N–H and O–H groups in total. The van der Waals surface area contributed by atoms with Crippen LogP contribution in [0.2, 0.25) is 0 Å². The van der Waals surface area contributed by atoms with Crippen LogP contribution in [-0.4, -0.2) is 18.5 Å². The van der Waals surface area contributed by atoms with E-state index in [1.807, 2.05) is 6.92 Å². The molecule has 1 amide bonds. The predicted molar refractivity (Wildman–Crippen MR) is 48.6 cm³/mol. The number of hydrogen-bond acceptors (Lipinski definition) is 2. The zero-order valence-corrected chi connectivity index (χ0v) is 7.89. The minimum absolute atomic E-state index is 0.0305. The van der Waals surface area contributed by atoms with E-state index in [0.29, 0.717) is 11.8 Å². The zero-order chi connectivity index (χ0) is 9.19. The number of nitrogens with two attached hydrogens (primary N) is 1. The molecule has 1 fully saturated rings. The number of amides is 1. The fourth-order valence-electron chi connectivity index (χ4n) is 1.07. The van der Waals surface area contributed by atoms with Gasteiger partial charge in [-0.15, -0.1) is 0 Å². The Labute approximate surface area is 73.7 Å². The molecule has 0 saturated heterocycles. The zero-order valence-electron chi connectivity index (χ0n) is 7.89. The van der Waals surface area contributed by atoms with Crippen molar-refractivity contribution >= 4 is 5.91 Å². The predicted octanol–water partition coefficient (Wildman–Crippen LogP) is 0.640. The molecule has 1 aliphatic carbocycles. The quantitative estimate of drug-likeness (QED) is 0.650. The van der Waals surface area contributed by atoms with Gasteiger partial charge in [0.15, 0.2) is 0 Å². The fraction of sp³-hybridized carbons (Fsp3) is 0.889. The van der Waals surface area contributed by atoms with Crippen molar-refractivity contribution in [1.29, 1.82) is 0 Å². The van der Waals surface area contributed by atoms with Gasteiger partial charge in [0.2, 0.25) is 5.91 Å². The van der Waals surface area contributed by atoms with Gasteiger partial charge in [-0.25, -0.2) is 0 Å². The molecule has 1 unspecified atom stereocenters.